The molecule has 0 aliphatic carbocycles. The van der Waals surface area contributed by atoms with Gasteiger partial charge in [0.05, 0.1) is 5.25 Å². The SMILES string of the molecule is C[C@H](Sc1n[nH]c(N)n1)C(=O)c1ccccc1. The van der Waals surface area contributed by atoms with Crippen molar-refractivity contribution in [3.8, 4) is 0 Å². The highest BCUT2D eigenvalue weighted by Crippen LogP contribution is 2.22. The summed E-state index contributed by atoms with van der Waals surface area (Å²) in [6, 6.07) is 9.16. The summed E-state index contributed by atoms with van der Waals surface area (Å²) in [4.78, 5) is 16.0. The van der Waals surface area contributed by atoms with Gasteiger partial charge < -0.3 is 5.73 Å². The molecule has 1 aromatic heterocycles. The maximum absolute atomic E-state index is 12.0. The third kappa shape index (κ3) is 2.85. The molecule has 2 rings (SSSR count). The number of nitrogens with two attached hydrogens (primary N) is 1. The van der Waals surface area contributed by atoms with Crippen LogP contribution < -0.4 is 5.73 Å². The fourth-order valence-corrected chi connectivity index (χ4v) is 2.17. The first-order chi connectivity index (χ1) is 8.16. The number of nitrogens with one attached hydrogen (secondary N) is 1. The van der Waals surface area contributed by atoms with E-state index in [4.69, 9.17) is 5.73 Å². The number of H-pyrrole nitrogens is 1. The number of carbonyl (C=O) groups excluding carboxylic acids is 1. The van der Waals surface area contributed by atoms with E-state index < -0.39 is 0 Å². The molecule has 0 saturated heterocycles. The van der Waals surface area contributed by atoms with E-state index >= 15 is 0 Å². The molecule has 0 aliphatic rings. The largest absolute Gasteiger partial charge is 0.368 e. The Labute approximate surface area is 103 Å². The summed E-state index contributed by atoms with van der Waals surface area (Å²) in [5.74, 6) is 0.311. The minimum atomic E-state index is -0.243. The Morgan fingerprint density at radius 3 is 2.71 bits per heavy atom. The van der Waals surface area contributed by atoms with Gasteiger partial charge in [-0.3, -0.25) is 4.79 Å². The predicted molar refractivity (Wildman–Crippen MR) is 66.9 cm³/mol. The van der Waals surface area contributed by atoms with Crippen LogP contribution >= 0.6 is 11.8 Å². The molecule has 0 aliphatic heterocycles. The first-order valence-corrected chi connectivity index (χ1v) is 5.98. The monoisotopic (exact) mass is 248 g/mol. The Kier molecular flexibility index (Phi) is 3.43. The third-order valence-corrected chi connectivity index (χ3v) is 3.15. The summed E-state index contributed by atoms with van der Waals surface area (Å²) in [7, 11) is 0. The second kappa shape index (κ2) is 5.01. The van der Waals surface area contributed by atoms with E-state index in [1.54, 1.807) is 12.1 Å². The lowest BCUT2D eigenvalue weighted by Crippen LogP contribution is -2.13. The second-order valence-electron chi connectivity index (χ2n) is 3.49. The molecule has 2 aromatic rings. The van der Waals surface area contributed by atoms with E-state index in [9.17, 15) is 4.79 Å². The molecular formula is C11H12N4OS. The van der Waals surface area contributed by atoms with E-state index in [1.807, 2.05) is 25.1 Å². The Hall–Kier alpha value is -1.82. The highest BCUT2D eigenvalue weighted by molar-refractivity contribution is 8.00. The van der Waals surface area contributed by atoms with Gasteiger partial charge in [-0.15, -0.1) is 5.10 Å². The Balaban J connectivity index is 2.06. The molecule has 1 aromatic carbocycles. The number of Topliss-reactive ketones (excluding diaryl/α,β-unsaturated/α-hetero) is 1. The number of rotatable bonds is 4. The summed E-state index contributed by atoms with van der Waals surface area (Å²) in [6.45, 7) is 1.83. The van der Waals surface area contributed by atoms with Gasteiger partial charge in [0.2, 0.25) is 11.1 Å². The number of carbonyl (C=O) groups is 1. The summed E-state index contributed by atoms with van der Waals surface area (Å²) in [5.41, 5.74) is 6.10. The fourth-order valence-electron chi connectivity index (χ4n) is 1.36. The van der Waals surface area contributed by atoms with Crippen LogP contribution in [0, 0.1) is 0 Å². The van der Waals surface area contributed by atoms with Crippen LogP contribution in [0.25, 0.3) is 0 Å². The van der Waals surface area contributed by atoms with Crippen LogP contribution in [0.2, 0.25) is 0 Å². The van der Waals surface area contributed by atoms with Gasteiger partial charge in [0.1, 0.15) is 0 Å². The summed E-state index contributed by atoms with van der Waals surface area (Å²) in [6.07, 6.45) is 0. The van der Waals surface area contributed by atoms with Crippen molar-refractivity contribution in [3.05, 3.63) is 35.9 Å². The minimum absolute atomic E-state index is 0.0546. The number of nitrogen functional groups attached to an aromatic ring is 1. The lowest BCUT2D eigenvalue weighted by molar-refractivity contribution is 0.0994. The van der Waals surface area contributed by atoms with Gasteiger partial charge in [-0.2, -0.15) is 4.98 Å². The molecule has 1 atom stereocenters. The van der Waals surface area contributed by atoms with Crippen molar-refractivity contribution in [2.24, 2.45) is 0 Å². The molecule has 88 valence electrons. The molecule has 0 bridgehead atoms. The number of anilines is 1. The standard InChI is InChI=1S/C11H12N4OS/c1-7(17-11-13-10(12)14-15-11)9(16)8-5-3-2-4-6-8/h2-7H,1H3,(H3,12,13,14,15)/t7-/m0/s1. The zero-order valence-corrected chi connectivity index (χ0v) is 10.1. The summed E-state index contributed by atoms with van der Waals surface area (Å²) < 4.78 is 0. The Bertz CT molecular complexity index is 511. The fraction of sp³-hybridized carbons (Fsp3) is 0.182. The number of ketones is 1. The molecule has 0 saturated carbocycles. The van der Waals surface area contributed by atoms with Crippen molar-refractivity contribution < 1.29 is 4.79 Å². The molecule has 6 heteroatoms. The van der Waals surface area contributed by atoms with Crippen molar-refractivity contribution in [2.75, 3.05) is 5.73 Å². The van der Waals surface area contributed by atoms with Gasteiger partial charge in [0.15, 0.2) is 5.78 Å². The average Bonchev–Trinajstić information content (AvgIpc) is 2.75. The number of benzene rings is 1. The maximum atomic E-state index is 12.0. The number of hydrogen-bond acceptors (Lipinski definition) is 5. The van der Waals surface area contributed by atoms with Crippen LogP contribution in [0.4, 0.5) is 5.95 Å². The van der Waals surface area contributed by atoms with Crippen molar-refractivity contribution in [3.63, 3.8) is 0 Å². The van der Waals surface area contributed by atoms with E-state index in [-0.39, 0.29) is 17.0 Å². The van der Waals surface area contributed by atoms with Crippen molar-refractivity contribution in [1.29, 1.82) is 0 Å². The molecule has 17 heavy (non-hydrogen) atoms. The van der Waals surface area contributed by atoms with Gasteiger partial charge >= 0.3 is 0 Å². The van der Waals surface area contributed by atoms with Crippen LogP contribution in [-0.4, -0.2) is 26.2 Å². The zero-order chi connectivity index (χ0) is 12.3. The third-order valence-electron chi connectivity index (χ3n) is 2.19. The lowest BCUT2D eigenvalue weighted by atomic mass is 10.1. The van der Waals surface area contributed by atoms with Crippen molar-refractivity contribution in [2.45, 2.75) is 17.3 Å². The summed E-state index contributed by atoms with van der Waals surface area (Å²) >= 11 is 1.28. The van der Waals surface area contributed by atoms with E-state index in [0.717, 1.165) is 0 Å². The number of nitrogens with zero attached hydrogens (tertiary/aromatic N) is 2. The Morgan fingerprint density at radius 2 is 2.12 bits per heavy atom. The van der Waals surface area contributed by atoms with Gasteiger partial charge in [-0.05, 0) is 6.92 Å². The molecule has 0 fully saturated rings. The minimum Gasteiger partial charge on any atom is -0.368 e. The van der Waals surface area contributed by atoms with Crippen LogP contribution in [-0.2, 0) is 0 Å². The molecule has 0 radical (unpaired) electrons. The number of aromatic nitrogens is 3. The van der Waals surface area contributed by atoms with Crippen molar-refractivity contribution in [1.82, 2.24) is 15.2 Å². The number of thioether (sulfide) groups is 1. The van der Waals surface area contributed by atoms with E-state index in [1.165, 1.54) is 11.8 Å². The normalized spacial score (nSPS) is 12.3. The molecule has 0 unspecified atom stereocenters. The average molecular weight is 248 g/mol. The lowest BCUT2D eigenvalue weighted by Gasteiger charge is -2.07. The second-order valence-corrected chi connectivity index (χ2v) is 4.80. The first-order valence-electron chi connectivity index (χ1n) is 5.10. The van der Waals surface area contributed by atoms with Gasteiger partial charge in [-0.25, -0.2) is 5.10 Å². The van der Waals surface area contributed by atoms with Crippen LogP contribution in [0.3, 0.4) is 0 Å². The number of aromatic amines is 1. The quantitative estimate of drug-likeness (QED) is 0.636. The zero-order valence-electron chi connectivity index (χ0n) is 9.25. The highest BCUT2D eigenvalue weighted by Gasteiger charge is 2.18. The number of hydrogen-bond donors (Lipinski definition) is 2. The van der Waals surface area contributed by atoms with E-state index in [0.29, 0.717) is 10.7 Å². The Morgan fingerprint density at radius 1 is 1.41 bits per heavy atom. The van der Waals surface area contributed by atoms with Gasteiger partial charge in [0, 0.05) is 5.56 Å². The molecular weight excluding hydrogens is 236 g/mol. The highest BCUT2D eigenvalue weighted by atomic mass is 32.2. The van der Waals surface area contributed by atoms with Crippen molar-refractivity contribution >= 4 is 23.5 Å². The topological polar surface area (TPSA) is 84.7 Å². The van der Waals surface area contributed by atoms with E-state index in [2.05, 4.69) is 15.2 Å². The first kappa shape index (κ1) is 11.7. The molecule has 5 nitrogen and oxygen atoms in total. The summed E-state index contributed by atoms with van der Waals surface area (Å²) in [5, 5.41) is 6.66. The molecule has 0 spiro atoms. The van der Waals surface area contributed by atoms with Gasteiger partial charge in [-0.1, -0.05) is 42.1 Å². The van der Waals surface area contributed by atoms with Gasteiger partial charge in [0.25, 0.3) is 0 Å². The smallest absolute Gasteiger partial charge is 0.216 e. The molecule has 3 N–H and O–H groups in total. The predicted octanol–water partition coefficient (Wildman–Crippen LogP) is 1.75. The van der Waals surface area contributed by atoms with Crippen LogP contribution in [0.1, 0.15) is 17.3 Å². The van der Waals surface area contributed by atoms with Crippen LogP contribution in [0.15, 0.2) is 35.5 Å². The molecule has 1 heterocycles. The molecule has 0 amide bonds. The van der Waals surface area contributed by atoms with Crippen LogP contribution in [0.5, 0.6) is 0 Å². The maximum Gasteiger partial charge on any atom is 0.216 e.